The Balaban J connectivity index is 1.41. The number of hydrogen-bond acceptors (Lipinski definition) is 9. The summed E-state index contributed by atoms with van der Waals surface area (Å²) in [5.74, 6) is 3.59. The average Bonchev–Trinajstić information content (AvgIpc) is 3.55. The smallest absolute Gasteiger partial charge is 0.252 e. The van der Waals surface area contributed by atoms with Crippen molar-refractivity contribution in [1.29, 1.82) is 0 Å². The molecule has 36 heavy (non-hydrogen) atoms. The summed E-state index contributed by atoms with van der Waals surface area (Å²) in [5.41, 5.74) is 2.10. The molecule has 0 saturated carbocycles. The number of methoxy groups -OCH3 is 1. The van der Waals surface area contributed by atoms with Crippen LogP contribution in [0.5, 0.6) is 5.88 Å². The minimum atomic E-state index is -0.231. The Labute approximate surface area is 205 Å². The third-order valence-electron chi connectivity index (χ3n) is 5.30. The molecule has 1 amide bonds. The van der Waals surface area contributed by atoms with Crippen molar-refractivity contribution >= 4 is 22.3 Å². The lowest BCUT2D eigenvalue weighted by molar-refractivity contribution is 0.0954. The second-order valence-electron chi connectivity index (χ2n) is 7.76. The molecule has 1 aromatic carbocycles. The Morgan fingerprint density at radius 2 is 2.03 bits per heavy atom. The molecule has 11 heteroatoms. The molecule has 0 saturated heterocycles. The summed E-state index contributed by atoms with van der Waals surface area (Å²) in [6.07, 6.45) is 7.18. The summed E-state index contributed by atoms with van der Waals surface area (Å²) < 4.78 is 18.0. The van der Waals surface area contributed by atoms with E-state index < -0.39 is 0 Å². The van der Waals surface area contributed by atoms with Crippen LogP contribution >= 0.6 is 0 Å². The van der Waals surface area contributed by atoms with Crippen molar-refractivity contribution in [3.63, 3.8) is 0 Å². The van der Waals surface area contributed by atoms with Crippen LogP contribution in [-0.4, -0.2) is 49.5 Å². The fourth-order valence-corrected chi connectivity index (χ4v) is 3.58. The molecular formula is C25H21N7O4. The van der Waals surface area contributed by atoms with Crippen LogP contribution in [0.1, 0.15) is 28.2 Å². The SMILES string of the molecule is C#CCCNC(=O)c1ccc(COc2nn3c(-c4cc(COC)on4)nnc3c3ccccc23)nc1. The van der Waals surface area contributed by atoms with Gasteiger partial charge in [0.15, 0.2) is 17.1 Å². The van der Waals surface area contributed by atoms with Gasteiger partial charge in [-0.05, 0) is 18.2 Å². The number of nitrogens with zero attached hydrogens (tertiary/aromatic N) is 6. The molecule has 0 aliphatic carbocycles. The molecule has 4 aromatic heterocycles. The Hall–Kier alpha value is -4.82. The van der Waals surface area contributed by atoms with Gasteiger partial charge in [-0.1, -0.05) is 23.4 Å². The van der Waals surface area contributed by atoms with Gasteiger partial charge in [0.1, 0.15) is 13.2 Å². The molecule has 0 unspecified atom stereocenters. The molecule has 180 valence electrons. The van der Waals surface area contributed by atoms with Gasteiger partial charge in [0.2, 0.25) is 11.7 Å². The van der Waals surface area contributed by atoms with Crippen molar-refractivity contribution in [3.8, 4) is 29.7 Å². The predicted molar refractivity (Wildman–Crippen MR) is 129 cm³/mol. The molecule has 4 heterocycles. The number of ether oxygens (including phenoxy) is 2. The van der Waals surface area contributed by atoms with Crippen molar-refractivity contribution < 1.29 is 18.8 Å². The standard InChI is InChI=1S/C25H21N7O4/c1-3-4-11-26-24(33)16-9-10-17(27-13-16)14-35-25-20-8-6-5-7-19(20)22-28-29-23(32(22)30-25)21-12-18(15-34-2)36-31-21/h1,5-10,12-13H,4,11,14-15H2,2H3,(H,26,33). The predicted octanol–water partition coefficient (Wildman–Crippen LogP) is 2.81. The summed E-state index contributed by atoms with van der Waals surface area (Å²) in [7, 11) is 1.57. The average molecular weight is 483 g/mol. The van der Waals surface area contributed by atoms with E-state index in [2.05, 4.69) is 36.7 Å². The highest BCUT2D eigenvalue weighted by Crippen LogP contribution is 2.29. The highest BCUT2D eigenvalue weighted by molar-refractivity contribution is 5.97. The topological polar surface area (TPSA) is 130 Å². The van der Waals surface area contributed by atoms with Crippen molar-refractivity contribution in [3.05, 3.63) is 65.7 Å². The third kappa shape index (κ3) is 4.57. The Morgan fingerprint density at radius 3 is 2.81 bits per heavy atom. The van der Waals surface area contributed by atoms with Crippen molar-refractivity contribution in [2.24, 2.45) is 0 Å². The molecule has 0 radical (unpaired) electrons. The van der Waals surface area contributed by atoms with Gasteiger partial charge in [-0.3, -0.25) is 9.78 Å². The monoisotopic (exact) mass is 483 g/mol. The number of aromatic nitrogens is 6. The summed E-state index contributed by atoms with van der Waals surface area (Å²) in [4.78, 5) is 16.5. The second kappa shape index (κ2) is 10.2. The van der Waals surface area contributed by atoms with Gasteiger partial charge < -0.3 is 19.3 Å². The van der Waals surface area contributed by atoms with E-state index in [-0.39, 0.29) is 19.1 Å². The minimum Gasteiger partial charge on any atom is -0.470 e. The lowest BCUT2D eigenvalue weighted by Crippen LogP contribution is -2.24. The van der Waals surface area contributed by atoms with Gasteiger partial charge in [0.25, 0.3) is 5.91 Å². The number of amides is 1. The first kappa shape index (κ1) is 22.9. The molecule has 0 spiro atoms. The lowest BCUT2D eigenvalue weighted by Gasteiger charge is -2.10. The van der Waals surface area contributed by atoms with Crippen LogP contribution in [0.2, 0.25) is 0 Å². The van der Waals surface area contributed by atoms with Gasteiger partial charge in [0.05, 0.1) is 11.3 Å². The summed E-state index contributed by atoms with van der Waals surface area (Å²) in [6.45, 7) is 0.836. The van der Waals surface area contributed by atoms with Crippen LogP contribution < -0.4 is 10.1 Å². The maximum absolute atomic E-state index is 12.1. The van der Waals surface area contributed by atoms with E-state index in [0.29, 0.717) is 53.0 Å². The van der Waals surface area contributed by atoms with Gasteiger partial charge in [-0.15, -0.1) is 27.6 Å². The highest BCUT2D eigenvalue weighted by Gasteiger charge is 2.19. The Bertz CT molecular complexity index is 1570. The van der Waals surface area contributed by atoms with Crippen LogP contribution in [0.25, 0.3) is 27.9 Å². The van der Waals surface area contributed by atoms with E-state index in [9.17, 15) is 4.79 Å². The fraction of sp³-hybridized carbons (Fsp3) is 0.200. The number of carbonyl (C=O) groups is 1. The van der Waals surface area contributed by atoms with Gasteiger partial charge in [-0.25, -0.2) is 0 Å². The van der Waals surface area contributed by atoms with Crippen LogP contribution in [0.3, 0.4) is 0 Å². The first-order chi connectivity index (χ1) is 17.7. The summed E-state index contributed by atoms with van der Waals surface area (Å²) in [6, 6.07) is 12.8. The zero-order valence-electron chi connectivity index (χ0n) is 19.3. The molecule has 0 aliphatic rings. The largest absolute Gasteiger partial charge is 0.470 e. The van der Waals surface area contributed by atoms with Crippen LogP contribution in [0.15, 0.2) is 53.2 Å². The third-order valence-corrected chi connectivity index (χ3v) is 5.30. The zero-order valence-corrected chi connectivity index (χ0v) is 19.3. The minimum absolute atomic E-state index is 0.140. The molecule has 0 aliphatic heterocycles. The number of pyridine rings is 1. The van der Waals surface area contributed by atoms with Crippen molar-refractivity contribution in [2.75, 3.05) is 13.7 Å². The van der Waals surface area contributed by atoms with Crippen LogP contribution in [0, 0.1) is 12.3 Å². The summed E-state index contributed by atoms with van der Waals surface area (Å²) in [5, 5.41) is 21.6. The number of rotatable bonds is 9. The van der Waals surface area contributed by atoms with E-state index in [1.54, 1.807) is 29.8 Å². The fourth-order valence-electron chi connectivity index (χ4n) is 3.58. The number of nitrogens with one attached hydrogen (secondary N) is 1. The first-order valence-electron chi connectivity index (χ1n) is 11.1. The molecular weight excluding hydrogens is 462 g/mol. The maximum atomic E-state index is 12.1. The maximum Gasteiger partial charge on any atom is 0.252 e. The zero-order chi connectivity index (χ0) is 24.9. The van der Waals surface area contributed by atoms with E-state index in [1.165, 1.54) is 6.20 Å². The van der Waals surface area contributed by atoms with Gasteiger partial charge in [0, 0.05) is 43.1 Å². The lowest BCUT2D eigenvalue weighted by atomic mass is 10.2. The molecule has 1 N–H and O–H groups in total. The van der Waals surface area contributed by atoms with E-state index >= 15 is 0 Å². The molecule has 5 aromatic rings. The van der Waals surface area contributed by atoms with Crippen LogP contribution in [0.4, 0.5) is 0 Å². The van der Waals surface area contributed by atoms with E-state index in [4.69, 9.17) is 20.4 Å². The van der Waals surface area contributed by atoms with Crippen molar-refractivity contribution in [1.82, 2.24) is 35.3 Å². The van der Waals surface area contributed by atoms with Gasteiger partial charge in [-0.2, -0.15) is 4.52 Å². The molecule has 11 nitrogen and oxygen atoms in total. The number of hydrogen-bond donors (Lipinski definition) is 1. The first-order valence-corrected chi connectivity index (χ1v) is 11.1. The van der Waals surface area contributed by atoms with E-state index in [1.807, 2.05) is 24.3 Å². The number of fused-ring (bicyclic) bond motifs is 3. The quantitative estimate of drug-likeness (QED) is 0.248. The Morgan fingerprint density at radius 1 is 1.17 bits per heavy atom. The molecule has 0 fully saturated rings. The Kier molecular flexibility index (Phi) is 6.51. The number of carbonyl (C=O) groups excluding carboxylic acids is 1. The van der Waals surface area contributed by atoms with Crippen LogP contribution in [-0.2, 0) is 18.0 Å². The number of benzene rings is 1. The van der Waals surface area contributed by atoms with Crippen molar-refractivity contribution in [2.45, 2.75) is 19.6 Å². The van der Waals surface area contributed by atoms with Gasteiger partial charge >= 0.3 is 0 Å². The molecule has 0 atom stereocenters. The number of terminal acetylenes is 1. The normalized spacial score (nSPS) is 11.0. The molecule has 5 rings (SSSR count). The molecule has 0 bridgehead atoms. The summed E-state index contributed by atoms with van der Waals surface area (Å²) >= 11 is 0. The highest BCUT2D eigenvalue weighted by atomic mass is 16.5. The second-order valence-corrected chi connectivity index (χ2v) is 7.76. The van der Waals surface area contributed by atoms with E-state index in [0.717, 1.165) is 10.8 Å².